The van der Waals surface area contributed by atoms with Gasteiger partial charge in [0, 0.05) is 0 Å². The monoisotopic (exact) mass is 250 g/mol. The second-order valence-corrected chi connectivity index (χ2v) is 5.14. The van der Waals surface area contributed by atoms with Gasteiger partial charge in [0.2, 0.25) is 0 Å². The molecule has 0 amide bonds. The predicted octanol–water partition coefficient (Wildman–Crippen LogP) is 2.77. The van der Waals surface area contributed by atoms with E-state index >= 15 is 0 Å². The molecule has 14 heavy (non-hydrogen) atoms. The number of thioether (sulfide) groups is 1. The Kier molecular flexibility index (Phi) is 5.16. The summed E-state index contributed by atoms with van der Waals surface area (Å²) in [6.45, 7) is 5.57. The van der Waals surface area contributed by atoms with Gasteiger partial charge in [0.25, 0.3) is 0 Å². The van der Waals surface area contributed by atoms with Crippen LogP contribution in [0.25, 0.3) is 0 Å². The Morgan fingerprint density at radius 3 is 3.14 bits per heavy atom. The zero-order valence-electron chi connectivity index (χ0n) is 7.61. The maximum atomic E-state index is 5.16. The van der Waals surface area contributed by atoms with Crippen molar-refractivity contribution in [1.29, 1.82) is 0 Å². The Balaban J connectivity index is 2.10. The van der Waals surface area contributed by atoms with Crippen LogP contribution in [0, 0.1) is 3.95 Å². The van der Waals surface area contributed by atoms with Crippen LogP contribution in [0.1, 0.15) is 6.92 Å². The molecule has 0 saturated heterocycles. The summed E-state index contributed by atoms with van der Waals surface area (Å²) < 4.78 is 11.7. The first-order valence-electron chi connectivity index (χ1n) is 3.73. The molecule has 1 heterocycles. The van der Waals surface area contributed by atoms with Crippen molar-refractivity contribution in [3.05, 3.63) is 16.3 Å². The summed E-state index contributed by atoms with van der Waals surface area (Å²) in [6.07, 6.45) is 0. The lowest BCUT2D eigenvalue weighted by molar-refractivity contribution is -0.000488. The molecule has 0 aliphatic heterocycles. The van der Waals surface area contributed by atoms with Gasteiger partial charge in [-0.3, -0.25) is 5.10 Å². The number of hydrogen-bond donors (Lipinski definition) is 1. The molecule has 1 rings (SSSR count). The molecular formula is C7H10N2O2S3. The van der Waals surface area contributed by atoms with Crippen molar-refractivity contribution < 1.29 is 9.47 Å². The van der Waals surface area contributed by atoms with Crippen LogP contribution in [0.5, 0.6) is 0 Å². The van der Waals surface area contributed by atoms with Gasteiger partial charge in [0.15, 0.2) is 15.1 Å². The van der Waals surface area contributed by atoms with E-state index in [-0.39, 0.29) is 6.79 Å². The lowest BCUT2D eigenvalue weighted by atomic mass is 10.7. The van der Waals surface area contributed by atoms with Gasteiger partial charge < -0.3 is 9.47 Å². The Morgan fingerprint density at radius 1 is 1.79 bits per heavy atom. The van der Waals surface area contributed by atoms with Crippen molar-refractivity contribution in [2.24, 2.45) is 0 Å². The van der Waals surface area contributed by atoms with E-state index < -0.39 is 0 Å². The van der Waals surface area contributed by atoms with E-state index in [4.69, 9.17) is 21.7 Å². The number of allylic oxidation sites excluding steroid dienone is 1. The largest absolute Gasteiger partial charge is 0.473 e. The topological polar surface area (TPSA) is 47.1 Å². The van der Waals surface area contributed by atoms with Crippen LogP contribution >= 0.6 is 35.3 Å². The molecule has 0 radical (unpaired) electrons. The Hall–Kier alpha value is -0.370. The average molecular weight is 250 g/mol. The number of aromatic amines is 1. The summed E-state index contributed by atoms with van der Waals surface area (Å²) in [7, 11) is 0. The molecule has 0 aromatic carbocycles. The molecule has 0 spiro atoms. The highest BCUT2D eigenvalue weighted by atomic mass is 32.2. The summed E-state index contributed by atoms with van der Waals surface area (Å²) >= 11 is 7.77. The van der Waals surface area contributed by atoms with Crippen LogP contribution in [-0.4, -0.2) is 22.9 Å². The fourth-order valence-corrected chi connectivity index (χ4v) is 2.32. The molecule has 0 saturated carbocycles. The van der Waals surface area contributed by atoms with Crippen LogP contribution in [-0.2, 0) is 9.47 Å². The summed E-state index contributed by atoms with van der Waals surface area (Å²) in [6, 6.07) is 0. The first-order chi connectivity index (χ1) is 6.68. The molecule has 1 aromatic rings. The molecular weight excluding hydrogens is 240 g/mol. The molecule has 0 unspecified atom stereocenters. The van der Waals surface area contributed by atoms with E-state index in [9.17, 15) is 0 Å². The number of nitrogens with one attached hydrogen (secondary N) is 1. The number of H-pyrrole nitrogens is 1. The van der Waals surface area contributed by atoms with Gasteiger partial charge in [0.05, 0.1) is 5.76 Å². The van der Waals surface area contributed by atoms with Crippen molar-refractivity contribution in [2.75, 3.05) is 12.7 Å². The summed E-state index contributed by atoms with van der Waals surface area (Å²) in [4.78, 5) is 0. The first kappa shape index (κ1) is 11.7. The van der Waals surface area contributed by atoms with E-state index in [0.29, 0.717) is 15.7 Å². The summed E-state index contributed by atoms with van der Waals surface area (Å²) in [5.41, 5.74) is 0. The maximum Gasteiger partial charge on any atom is 0.189 e. The van der Waals surface area contributed by atoms with Crippen LogP contribution in [0.15, 0.2) is 16.7 Å². The van der Waals surface area contributed by atoms with Crippen LogP contribution in [0.2, 0.25) is 0 Å². The van der Waals surface area contributed by atoms with Gasteiger partial charge in [-0.15, -0.1) is 0 Å². The molecule has 0 bridgehead atoms. The van der Waals surface area contributed by atoms with Crippen LogP contribution in [0.3, 0.4) is 0 Å². The summed E-state index contributed by atoms with van der Waals surface area (Å²) in [5.74, 6) is 1.13. The molecule has 0 aliphatic carbocycles. The zero-order chi connectivity index (χ0) is 10.4. The van der Waals surface area contributed by atoms with Crippen LogP contribution in [0.4, 0.5) is 0 Å². The average Bonchev–Trinajstić information content (AvgIpc) is 2.50. The third-order valence-corrected chi connectivity index (χ3v) is 3.18. The van der Waals surface area contributed by atoms with E-state index in [0.717, 1.165) is 4.34 Å². The van der Waals surface area contributed by atoms with Gasteiger partial charge in [-0.2, -0.15) is 5.10 Å². The van der Waals surface area contributed by atoms with Gasteiger partial charge in [-0.25, -0.2) is 0 Å². The highest BCUT2D eigenvalue weighted by molar-refractivity contribution is 8.00. The molecule has 1 N–H and O–H groups in total. The van der Waals surface area contributed by atoms with Crippen LogP contribution < -0.4 is 0 Å². The minimum absolute atomic E-state index is 0.220. The number of nitrogens with zero attached hydrogens (tertiary/aromatic N) is 1. The second-order valence-electron chi connectivity index (χ2n) is 2.31. The van der Waals surface area contributed by atoms with Crippen molar-refractivity contribution >= 4 is 35.3 Å². The van der Waals surface area contributed by atoms with E-state index in [1.807, 2.05) is 0 Å². The summed E-state index contributed by atoms with van der Waals surface area (Å²) in [5, 5.41) is 6.65. The fourth-order valence-electron chi connectivity index (χ4n) is 0.546. The quantitative estimate of drug-likeness (QED) is 0.276. The molecule has 4 nitrogen and oxygen atoms in total. The maximum absolute atomic E-state index is 5.16. The molecule has 1 aromatic heterocycles. The smallest absolute Gasteiger partial charge is 0.189 e. The molecule has 0 atom stereocenters. The minimum atomic E-state index is 0.220. The Morgan fingerprint density at radius 2 is 2.57 bits per heavy atom. The number of aromatic nitrogens is 2. The van der Waals surface area contributed by atoms with E-state index in [1.54, 1.807) is 6.92 Å². The van der Waals surface area contributed by atoms with Gasteiger partial charge in [-0.1, -0.05) is 29.7 Å². The molecule has 78 valence electrons. The normalized spacial score (nSPS) is 10.1. The van der Waals surface area contributed by atoms with Crippen molar-refractivity contribution in [3.8, 4) is 0 Å². The number of hydrogen-bond acceptors (Lipinski definition) is 6. The van der Waals surface area contributed by atoms with Crippen molar-refractivity contribution in [2.45, 2.75) is 11.3 Å². The highest BCUT2D eigenvalue weighted by Gasteiger charge is 1.97. The third kappa shape index (κ3) is 4.75. The second kappa shape index (κ2) is 6.18. The lowest BCUT2D eigenvalue weighted by Gasteiger charge is -2.04. The molecule has 0 aliphatic rings. The Bertz CT molecular complexity index is 347. The van der Waals surface area contributed by atoms with Gasteiger partial charge in [-0.05, 0) is 19.1 Å². The first-order valence-corrected chi connectivity index (χ1v) is 5.94. The van der Waals surface area contributed by atoms with Crippen molar-refractivity contribution in [3.63, 3.8) is 0 Å². The number of rotatable bonds is 6. The fraction of sp³-hybridized carbons (Fsp3) is 0.429. The van der Waals surface area contributed by atoms with Crippen molar-refractivity contribution in [1.82, 2.24) is 10.2 Å². The highest BCUT2D eigenvalue weighted by Crippen LogP contribution is 2.19. The molecule has 7 heteroatoms. The van der Waals surface area contributed by atoms with E-state index in [2.05, 4.69) is 16.8 Å². The standard InChI is InChI=1S/C7H10N2O2S3/c1-5(2)11-3-10-4-13-7-9-8-6(12)14-7/h1,3-4H2,2H3,(H,8,12). The SMILES string of the molecule is C=C(C)OCOCSc1n[nH]c(=S)s1. The minimum Gasteiger partial charge on any atom is -0.473 e. The lowest BCUT2D eigenvalue weighted by Crippen LogP contribution is -1.97. The van der Waals surface area contributed by atoms with Gasteiger partial charge >= 0.3 is 0 Å². The number of ether oxygens (including phenoxy) is 2. The van der Waals surface area contributed by atoms with E-state index in [1.165, 1.54) is 23.1 Å². The third-order valence-electron chi connectivity index (χ3n) is 1.07. The predicted molar refractivity (Wildman–Crippen MR) is 59.9 cm³/mol. The Labute approximate surface area is 95.3 Å². The van der Waals surface area contributed by atoms with Gasteiger partial charge in [0.1, 0.15) is 5.94 Å². The zero-order valence-corrected chi connectivity index (χ0v) is 10.1. The molecule has 0 fully saturated rings.